The van der Waals surface area contributed by atoms with Gasteiger partial charge in [-0.1, -0.05) is 6.08 Å². The van der Waals surface area contributed by atoms with Crippen molar-refractivity contribution in [2.75, 3.05) is 7.05 Å². The van der Waals surface area contributed by atoms with Gasteiger partial charge in [0, 0.05) is 13.0 Å². The molecule has 0 aromatic carbocycles. The van der Waals surface area contributed by atoms with Crippen molar-refractivity contribution in [3.8, 4) is 0 Å². The van der Waals surface area contributed by atoms with Gasteiger partial charge in [-0.25, -0.2) is 4.79 Å². The molecule has 1 heterocycles. The van der Waals surface area contributed by atoms with Crippen LogP contribution < -0.4 is 5.32 Å². The first-order valence-electron chi connectivity index (χ1n) is 5.51. The summed E-state index contributed by atoms with van der Waals surface area (Å²) < 4.78 is 11.0. The lowest BCUT2D eigenvalue weighted by Crippen LogP contribution is -2.20. The van der Waals surface area contributed by atoms with Crippen molar-refractivity contribution in [2.24, 2.45) is 5.92 Å². The van der Waals surface area contributed by atoms with Crippen LogP contribution in [0.25, 0.3) is 0 Å². The van der Waals surface area contributed by atoms with Crippen LogP contribution in [-0.2, 0) is 9.47 Å². The first kappa shape index (κ1) is 11.0. The fraction of sp³-hybridized carbons (Fsp3) is 0.583. The van der Waals surface area contributed by atoms with Crippen LogP contribution in [-0.4, -0.2) is 18.7 Å². The molecule has 0 aromatic heterocycles. The third-order valence-corrected chi connectivity index (χ3v) is 2.83. The van der Waals surface area contributed by atoms with E-state index in [1.54, 1.807) is 0 Å². The van der Waals surface area contributed by atoms with Crippen LogP contribution in [0, 0.1) is 5.92 Å². The highest BCUT2D eigenvalue weighted by molar-refractivity contribution is 5.68. The number of hydrogen-bond donors (Lipinski definition) is 1. The second kappa shape index (κ2) is 3.85. The topological polar surface area (TPSA) is 47.6 Å². The molecule has 1 aliphatic heterocycles. The van der Waals surface area contributed by atoms with Crippen molar-refractivity contribution in [3.05, 3.63) is 23.7 Å². The molecule has 2 aliphatic rings. The summed E-state index contributed by atoms with van der Waals surface area (Å²) >= 11 is 0. The van der Waals surface area contributed by atoms with Crippen LogP contribution in [0.5, 0.6) is 0 Å². The number of ether oxygens (including phenoxy) is 2. The molecule has 4 nitrogen and oxygen atoms in total. The molecule has 1 saturated heterocycles. The van der Waals surface area contributed by atoms with Gasteiger partial charge in [-0.2, -0.15) is 0 Å². The molecule has 0 saturated carbocycles. The largest absolute Gasteiger partial charge is 0.488 e. The Hall–Kier alpha value is -1.45. The summed E-state index contributed by atoms with van der Waals surface area (Å²) in [4.78, 5) is 11.2. The van der Waals surface area contributed by atoms with Gasteiger partial charge in [0.15, 0.2) is 5.76 Å². The monoisotopic (exact) mass is 223 g/mol. The Bertz CT molecular complexity index is 368. The third kappa shape index (κ3) is 2.05. The molecule has 0 aromatic rings. The molecule has 0 radical (unpaired) electrons. The highest BCUT2D eigenvalue weighted by Gasteiger charge is 2.39. The van der Waals surface area contributed by atoms with Gasteiger partial charge in [-0.3, -0.25) is 0 Å². The number of carbonyl (C=O) groups is 1. The molecule has 1 unspecified atom stereocenters. The Morgan fingerprint density at radius 3 is 3.06 bits per heavy atom. The summed E-state index contributed by atoms with van der Waals surface area (Å²) in [6.45, 7) is 4.10. The van der Waals surface area contributed by atoms with E-state index in [1.807, 2.05) is 12.2 Å². The van der Waals surface area contributed by atoms with Crippen LogP contribution >= 0.6 is 0 Å². The lowest BCUT2D eigenvalue weighted by atomic mass is 9.91. The van der Waals surface area contributed by atoms with E-state index in [0.717, 1.165) is 18.6 Å². The fourth-order valence-electron chi connectivity index (χ4n) is 2.21. The van der Waals surface area contributed by atoms with E-state index < -0.39 is 6.09 Å². The van der Waals surface area contributed by atoms with E-state index in [2.05, 4.69) is 19.2 Å². The van der Waals surface area contributed by atoms with E-state index in [0.29, 0.717) is 11.7 Å². The first-order valence-corrected chi connectivity index (χ1v) is 5.51. The van der Waals surface area contributed by atoms with Crippen LogP contribution in [0.1, 0.15) is 26.7 Å². The van der Waals surface area contributed by atoms with Gasteiger partial charge in [-0.15, -0.1) is 0 Å². The van der Waals surface area contributed by atoms with Gasteiger partial charge in [0.2, 0.25) is 0 Å². The summed E-state index contributed by atoms with van der Waals surface area (Å²) in [5.41, 5.74) is -0.163. The SMILES string of the molecule is CNC(=O)OC1=C2OC(C)(C)CC2CC=C1. The standard InChI is InChI=1S/C12H17NO3/c1-12(2)7-8-5-4-6-9(10(8)16-12)15-11(14)13-3/h4,6,8H,5,7H2,1-3H3,(H,13,14). The van der Waals surface area contributed by atoms with Crippen molar-refractivity contribution in [1.82, 2.24) is 5.32 Å². The minimum Gasteiger partial charge on any atom is -0.488 e. The fourth-order valence-corrected chi connectivity index (χ4v) is 2.21. The smallest absolute Gasteiger partial charge is 0.412 e. The molecule has 1 aliphatic carbocycles. The highest BCUT2D eigenvalue weighted by Crippen LogP contribution is 2.43. The van der Waals surface area contributed by atoms with Crippen LogP contribution in [0.2, 0.25) is 0 Å². The average molecular weight is 223 g/mol. The molecule has 2 rings (SSSR count). The summed E-state index contributed by atoms with van der Waals surface area (Å²) in [6.07, 6.45) is 5.30. The lowest BCUT2D eigenvalue weighted by Gasteiger charge is -2.18. The number of carbonyl (C=O) groups excluding carboxylic acids is 1. The first-order chi connectivity index (χ1) is 7.52. The number of hydrogen-bond acceptors (Lipinski definition) is 3. The Morgan fingerprint density at radius 1 is 1.62 bits per heavy atom. The van der Waals surface area contributed by atoms with Crippen molar-refractivity contribution in [3.63, 3.8) is 0 Å². The second-order valence-corrected chi connectivity index (χ2v) is 4.77. The molecule has 0 bridgehead atoms. The van der Waals surface area contributed by atoms with Crippen molar-refractivity contribution >= 4 is 6.09 Å². The van der Waals surface area contributed by atoms with E-state index in [4.69, 9.17) is 9.47 Å². The molecule has 4 heteroatoms. The van der Waals surface area contributed by atoms with E-state index in [-0.39, 0.29) is 5.60 Å². The summed E-state index contributed by atoms with van der Waals surface area (Å²) in [5, 5.41) is 2.43. The third-order valence-electron chi connectivity index (χ3n) is 2.83. The molecule has 1 fully saturated rings. The molecule has 1 amide bonds. The number of amides is 1. The molecule has 16 heavy (non-hydrogen) atoms. The zero-order valence-electron chi connectivity index (χ0n) is 9.87. The number of allylic oxidation sites excluding steroid dienone is 3. The molecular formula is C12H17NO3. The summed E-state index contributed by atoms with van der Waals surface area (Å²) in [6, 6.07) is 0. The van der Waals surface area contributed by atoms with Crippen molar-refractivity contribution < 1.29 is 14.3 Å². The van der Waals surface area contributed by atoms with E-state index in [1.165, 1.54) is 7.05 Å². The van der Waals surface area contributed by atoms with Crippen LogP contribution in [0.15, 0.2) is 23.7 Å². The lowest BCUT2D eigenvalue weighted by molar-refractivity contribution is 0.0680. The predicted octanol–water partition coefficient (Wildman–Crippen LogP) is 2.33. The maximum absolute atomic E-state index is 11.2. The van der Waals surface area contributed by atoms with Gasteiger partial charge in [0.05, 0.1) is 0 Å². The van der Waals surface area contributed by atoms with Gasteiger partial charge >= 0.3 is 6.09 Å². The Kier molecular flexibility index (Phi) is 2.66. The van der Waals surface area contributed by atoms with Crippen LogP contribution in [0.4, 0.5) is 4.79 Å². The minimum absolute atomic E-state index is 0.163. The van der Waals surface area contributed by atoms with Gasteiger partial charge in [-0.05, 0) is 32.8 Å². The zero-order chi connectivity index (χ0) is 11.8. The van der Waals surface area contributed by atoms with Crippen molar-refractivity contribution in [2.45, 2.75) is 32.3 Å². The Balaban J connectivity index is 2.21. The maximum atomic E-state index is 11.2. The molecule has 88 valence electrons. The number of nitrogens with one attached hydrogen (secondary N) is 1. The number of rotatable bonds is 1. The number of alkyl carbamates (subject to hydrolysis) is 1. The van der Waals surface area contributed by atoms with Crippen molar-refractivity contribution in [1.29, 1.82) is 0 Å². The molecule has 1 N–H and O–H groups in total. The second-order valence-electron chi connectivity index (χ2n) is 4.77. The molecular weight excluding hydrogens is 206 g/mol. The molecule has 1 atom stereocenters. The zero-order valence-corrected chi connectivity index (χ0v) is 9.87. The van der Waals surface area contributed by atoms with Crippen LogP contribution in [0.3, 0.4) is 0 Å². The van der Waals surface area contributed by atoms with Gasteiger partial charge in [0.25, 0.3) is 0 Å². The Morgan fingerprint density at radius 2 is 2.38 bits per heavy atom. The predicted molar refractivity (Wildman–Crippen MR) is 59.6 cm³/mol. The van der Waals surface area contributed by atoms with Gasteiger partial charge < -0.3 is 14.8 Å². The van der Waals surface area contributed by atoms with Gasteiger partial charge in [0.1, 0.15) is 11.4 Å². The normalized spacial score (nSPS) is 26.1. The number of fused-ring (bicyclic) bond motifs is 1. The Labute approximate surface area is 95.3 Å². The van der Waals surface area contributed by atoms with E-state index in [9.17, 15) is 4.79 Å². The average Bonchev–Trinajstić information content (AvgIpc) is 2.53. The summed E-state index contributed by atoms with van der Waals surface area (Å²) in [7, 11) is 1.54. The van der Waals surface area contributed by atoms with E-state index >= 15 is 0 Å². The molecule has 0 spiro atoms. The quantitative estimate of drug-likeness (QED) is 0.742. The maximum Gasteiger partial charge on any atom is 0.412 e. The highest BCUT2D eigenvalue weighted by atomic mass is 16.6. The summed E-state index contributed by atoms with van der Waals surface area (Å²) in [5.74, 6) is 1.71. The minimum atomic E-state index is -0.457.